The second-order valence-corrected chi connectivity index (χ2v) is 5.69. The van der Waals surface area contributed by atoms with Gasteiger partial charge in [-0.05, 0) is 24.1 Å². The van der Waals surface area contributed by atoms with Gasteiger partial charge in [0.1, 0.15) is 5.82 Å². The number of aromatic nitrogens is 1. The molecule has 0 bridgehead atoms. The Bertz CT molecular complexity index is 629. The number of alkyl halides is 3. The zero-order valence-corrected chi connectivity index (χ0v) is 12.0. The highest BCUT2D eigenvalue weighted by Gasteiger charge is 2.35. The highest BCUT2D eigenvalue weighted by molar-refractivity contribution is 7.11. The SMILES string of the molecule is NNC(Cc1ccc(F)cc1Cl)c1cnc(C(F)(F)F)s1. The van der Waals surface area contributed by atoms with Crippen molar-refractivity contribution < 1.29 is 17.6 Å². The molecule has 0 saturated carbocycles. The lowest BCUT2D eigenvalue weighted by Gasteiger charge is -2.14. The van der Waals surface area contributed by atoms with E-state index < -0.39 is 23.0 Å². The highest BCUT2D eigenvalue weighted by atomic mass is 35.5. The third-order valence-corrected chi connectivity index (χ3v) is 4.26. The minimum Gasteiger partial charge on any atom is -0.271 e. The number of rotatable bonds is 4. The first-order chi connectivity index (χ1) is 9.81. The van der Waals surface area contributed by atoms with Crippen LogP contribution in [-0.4, -0.2) is 4.98 Å². The Balaban J connectivity index is 2.22. The van der Waals surface area contributed by atoms with Crippen molar-refractivity contribution in [3.8, 4) is 0 Å². The largest absolute Gasteiger partial charge is 0.443 e. The molecule has 0 fully saturated rings. The van der Waals surface area contributed by atoms with Crippen molar-refractivity contribution >= 4 is 22.9 Å². The van der Waals surface area contributed by atoms with E-state index in [0.717, 1.165) is 12.3 Å². The molecule has 1 atom stereocenters. The van der Waals surface area contributed by atoms with Gasteiger partial charge in [0.05, 0.1) is 6.04 Å². The molecular formula is C12H10ClF4N3S. The molecule has 2 aromatic rings. The Kier molecular flexibility index (Phi) is 4.82. The summed E-state index contributed by atoms with van der Waals surface area (Å²) < 4.78 is 50.6. The van der Waals surface area contributed by atoms with E-state index >= 15 is 0 Å². The number of hydrogen-bond donors (Lipinski definition) is 2. The van der Waals surface area contributed by atoms with Gasteiger partial charge in [-0.1, -0.05) is 17.7 Å². The fraction of sp³-hybridized carbons (Fsp3) is 0.250. The Morgan fingerprint density at radius 2 is 2.10 bits per heavy atom. The average molecular weight is 340 g/mol. The minimum absolute atomic E-state index is 0.191. The molecule has 3 N–H and O–H groups in total. The maximum atomic E-state index is 13.0. The van der Waals surface area contributed by atoms with E-state index in [2.05, 4.69) is 10.4 Å². The van der Waals surface area contributed by atoms with Crippen molar-refractivity contribution in [2.24, 2.45) is 5.84 Å². The van der Waals surface area contributed by atoms with E-state index in [1.807, 2.05) is 0 Å². The molecule has 2 rings (SSSR count). The maximum Gasteiger partial charge on any atom is 0.443 e. The smallest absolute Gasteiger partial charge is 0.271 e. The first-order valence-electron chi connectivity index (χ1n) is 5.74. The summed E-state index contributed by atoms with van der Waals surface area (Å²) >= 11 is 6.40. The predicted molar refractivity (Wildman–Crippen MR) is 72.3 cm³/mol. The Hall–Kier alpha value is -1.22. The molecule has 0 aliphatic rings. The molecule has 1 aromatic heterocycles. The molecule has 0 spiro atoms. The Morgan fingerprint density at radius 1 is 1.38 bits per heavy atom. The van der Waals surface area contributed by atoms with Gasteiger partial charge in [-0.2, -0.15) is 13.2 Å². The summed E-state index contributed by atoms with van der Waals surface area (Å²) in [6.07, 6.45) is -3.15. The number of halogens is 5. The summed E-state index contributed by atoms with van der Waals surface area (Å²) in [5.41, 5.74) is 3.00. The molecule has 1 heterocycles. The summed E-state index contributed by atoms with van der Waals surface area (Å²) in [5, 5.41) is -0.751. The molecule has 1 unspecified atom stereocenters. The van der Waals surface area contributed by atoms with E-state index in [-0.39, 0.29) is 11.4 Å². The van der Waals surface area contributed by atoms with Crippen LogP contribution in [0.15, 0.2) is 24.4 Å². The third kappa shape index (κ3) is 3.91. The number of benzene rings is 1. The van der Waals surface area contributed by atoms with Crippen molar-refractivity contribution in [2.45, 2.75) is 18.6 Å². The van der Waals surface area contributed by atoms with E-state index in [0.29, 0.717) is 21.8 Å². The number of nitrogens with two attached hydrogens (primary N) is 1. The molecule has 0 amide bonds. The van der Waals surface area contributed by atoms with E-state index in [4.69, 9.17) is 17.4 Å². The molecule has 0 saturated heterocycles. The average Bonchev–Trinajstić information content (AvgIpc) is 2.87. The van der Waals surface area contributed by atoms with Gasteiger partial charge >= 0.3 is 6.18 Å². The van der Waals surface area contributed by atoms with Crippen molar-refractivity contribution in [2.75, 3.05) is 0 Å². The van der Waals surface area contributed by atoms with Crippen molar-refractivity contribution in [3.05, 3.63) is 50.7 Å². The van der Waals surface area contributed by atoms with Gasteiger partial charge in [0.2, 0.25) is 0 Å². The van der Waals surface area contributed by atoms with E-state index in [1.54, 1.807) is 0 Å². The lowest BCUT2D eigenvalue weighted by Crippen LogP contribution is -2.29. The van der Waals surface area contributed by atoms with Crippen LogP contribution in [0.3, 0.4) is 0 Å². The van der Waals surface area contributed by atoms with Crippen LogP contribution in [-0.2, 0) is 12.6 Å². The second kappa shape index (κ2) is 6.27. The van der Waals surface area contributed by atoms with E-state index in [1.165, 1.54) is 12.1 Å². The zero-order valence-electron chi connectivity index (χ0n) is 10.4. The van der Waals surface area contributed by atoms with Crippen LogP contribution in [0.5, 0.6) is 0 Å². The number of nitrogens with one attached hydrogen (secondary N) is 1. The van der Waals surface area contributed by atoms with Crippen molar-refractivity contribution in [1.82, 2.24) is 10.4 Å². The predicted octanol–water partition coefficient (Wildman–Crippen LogP) is 3.70. The molecule has 21 heavy (non-hydrogen) atoms. The fourth-order valence-corrected chi connectivity index (χ4v) is 2.82. The van der Waals surface area contributed by atoms with Gasteiger partial charge in [0.15, 0.2) is 5.01 Å². The lowest BCUT2D eigenvalue weighted by atomic mass is 10.1. The quantitative estimate of drug-likeness (QED) is 0.507. The first kappa shape index (κ1) is 16.2. The Morgan fingerprint density at radius 3 is 2.62 bits per heavy atom. The third-order valence-electron chi connectivity index (χ3n) is 2.75. The van der Waals surface area contributed by atoms with Gasteiger partial charge < -0.3 is 0 Å². The molecular weight excluding hydrogens is 330 g/mol. The number of hydrogen-bond acceptors (Lipinski definition) is 4. The molecule has 9 heteroatoms. The van der Waals surface area contributed by atoms with Crippen LogP contribution >= 0.6 is 22.9 Å². The molecule has 3 nitrogen and oxygen atoms in total. The van der Waals surface area contributed by atoms with Crippen LogP contribution < -0.4 is 11.3 Å². The monoisotopic (exact) mass is 339 g/mol. The zero-order chi connectivity index (χ0) is 15.6. The first-order valence-corrected chi connectivity index (χ1v) is 6.93. The van der Waals surface area contributed by atoms with Crippen molar-refractivity contribution in [1.29, 1.82) is 0 Å². The Labute approximate surface area is 126 Å². The molecule has 0 aliphatic heterocycles. The van der Waals surface area contributed by atoms with Gasteiger partial charge in [0.25, 0.3) is 0 Å². The van der Waals surface area contributed by atoms with Crippen LogP contribution in [0.4, 0.5) is 17.6 Å². The maximum absolute atomic E-state index is 13.0. The van der Waals surface area contributed by atoms with Crippen LogP contribution in [0.2, 0.25) is 5.02 Å². The minimum atomic E-state index is -4.49. The summed E-state index contributed by atoms with van der Waals surface area (Å²) in [6.45, 7) is 0. The normalized spacial score (nSPS) is 13.4. The summed E-state index contributed by atoms with van der Waals surface area (Å²) in [7, 11) is 0. The van der Waals surface area contributed by atoms with Crippen LogP contribution in [0.1, 0.15) is 21.5 Å². The van der Waals surface area contributed by atoms with Gasteiger partial charge in [-0.15, -0.1) is 11.3 Å². The van der Waals surface area contributed by atoms with Crippen molar-refractivity contribution in [3.63, 3.8) is 0 Å². The van der Waals surface area contributed by atoms with Gasteiger partial charge in [-0.3, -0.25) is 11.3 Å². The van der Waals surface area contributed by atoms with Crippen LogP contribution in [0.25, 0.3) is 0 Å². The van der Waals surface area contributed by atoms with Gasteiger partial charge in [0, 0.05) is 16.1 Å². The fourth-order valence-electron chi connectivity index (χ4n) is 1.73. The second-order valence-electron chi connectivity index (χ2n) is 4.22. The molecule has 114 valence electrons. The van der Waals surface area contributed by atoms with E-state index in [9.17, 15) is 17.6 Å². The number of hydrazine groups is 1. The number of thiazole rings is 1. The summed E-state index contributed by atoms with van der Waals surface area (Å²) in [6, 6.07) is 3.23. The highest BCUT2D eigenvalue weighted by Crippen LogP contribution is 2.35. The summed E-state index contributed by atoms with van der Waals surface area (Å²) in [5.74, 6) is 4.89. The summed E-state index contributed by atoms with van der Waals surface area (Å²) in [4.78, 5) is 3.66. The molecule has 0 aliphatic carbocycles. The topological polar surface area (TPSA) is 50.9 Å². The number of nitrogens with zero attached hydrogens (tertiary/aromatic N) is 1. The molecule has 1 aromatic carbocycles. The standard InChI is InChI=1S/C12H10ClF4N3S/c13-8-4-7(14)2-1-6(8)3-9(20-18)10-5-19-11(21-10)12(15,16)17/h1-2,4-5,9,20H,3,18H2. The van der Waals surface area contributed by atoms with Crippen LogP contribution in [0, 0.1) is 5.82 Å². The van der Waals surface area contributed by atoms with Gasteiger partial charge in [-0.25, -0.2) is 9.37 Å². The lowest BCUT2D eigenvalue weighted by molar-refractivity contribution is -0.137. The molecule has 0 radical (unpaired) electrons.